The molecule has 0 aromatic heterocycles. The maximum absolute atomic E-state index is 12.5. The standard InChI is InChI=1S/C15H16ClNO2/c1-9-2-7-12-13(8-9)15(19)17(14(12)18)11-5-3-10(16)4-6-11/h3-6,9,12-13H,2,7-8H2,1H3. The Morgan fingerprint density at radius 1 is 1.05 bits per heavy atom. The molecule has 1 aromatic carbocycles. The lowest BCUT2D eigenvalue weighted by molar-refractivity contribution is -0.122. The number of fused-ring (bicyclic) bond motifs is 1. The highest BCUT2D eigenvalue weighted by Gasteiger charge is 2.49. The molecule has 0 bridgehead atoms. The van der Waals surface area contributed by atoms with E-state index in [2.05, 4.69) is 6.92 Å². The maximum Gasteiger partial charge on any atom is 0.237 e. The van der Waals surface area contributed by atoms with Crippen molar-refractivity contribution in [2.75, 3.05) is 4.90 Å². The Bertz CT molecular complexity index is 525. The predicted molar refractivity (Wildman–Crippen MR) is 73.9 cm³/mol. The third-order valence-electron chi connectivity index (χ3n) is 4.27. The van der Waals surface area contributed by atoms with Crippen molar-refractivity contribution < 1.29 is 9.59 Å². The number of hydrogen-bond acceptors (Lipinski definition) is 2. The molecule has 2 fully saturated rings. The van der Waals surface area contributed by atoms with Gasteiger partial charge in [0.2, 0.25) is 11.8 Å². The van der Waals surface area contributed by atoms with Crippen molar-refractivity contribution in [3.05, 3.63) is 29.3 Å². The van der Waals surface area contributed by atoms with Gasteiger partial charge in [-0.05, 0) is 49.4 Å². The molecule has 2 amide bonds. The van der Waals surface area contributed by atoms with E-state index in [1.807, 2.05) is 0 Å². The van der Waals surface area contributed by atoms with Crippen LogP contribution in [0.5, 0.6) is 0 Å². The van der Waals surface area contributed by atoms with Crippen molar-refractivity contribution >= 4 is 29.1 Å². The fourth-order valence-electron chi connectivity index (χ4n) is 3.23. The number of benzene rings is 1. The van der Waals surface area contributed by atoms with Crippen molar-refractivity contribution in [3.63, 3.8) is 0 Å². The molecule has 1 aromatic rings. The first-order chi connectivity index (χ1) is 9.08. The van der Waals surface area contributed by atoms with E-state index < -0.39 is 0 Å². The van der Waals surface area contributed by atoms with Gasteiger partial charge in [-0.15, -0.1) is 0 Å². The maximum atomic E-state index is 12.5. The molecule has 0 radical (unpaired) electrons. The number of anilines is 1. The largest absolute Gasteiger partial charge is 0.274 e. The molecule has 3 atom stereocenters. The summed E-state index contributed by atoms with van der Waals surface area (Å²) in [5.74, 6) is 0.225. The first kappa shape index (κ1) is 12.7. The van der Waals surface area contributed by atoms with E-state index in [9.17, 15) is 9.59 Å². The molecule has 0 spiro atoms. The minimum absolute atomic E-state index is 0.0378. The smallest absolute Gasteiger partial charge is 0.237 e. The Balaban J connectivity index is 1.93. The van der Waals surface area contributed by atoms with Crippen LogP contribution in [0.1, 0.15) is 26.2 Å². The first-order valence-electron chi connectivity index (χ1n) is 6.71. The third-order valence-corrected chi connectivity index (χ3v) is 4.52. The van der Waals surface area contributed by atoms with Gasteiger partial charge in [0.25, 0.3) is 0 Å². The summed E-state index contributed by atoms with van der Waals surface area (Å²) >= 11 is 5.84. The van der Waals surface area contributed by atoms with E-state index in [0.717, 1.165) is 19.3 Å². The van der Waals surface area contributed by atoms with Crippen LogP contribution in [0.2, 0.25) is 5.02 Å². The Kier molecular flexibility index (Phi) is 3.09. The number of nitrogens with zero attached hydrogens (tertiary/aromatic N) is 1. The van der Waals surface area contributed by atoms with E-state index in [1.165, 1.54) is 4.90 Å². The second-order valence-electron chi connectivity index (χ2n) is 5.62. The van der Waals surface area contributed by atoms with Crippen LogP contribution in [0.4, 0.5) is 5.69 Å². The summed E-state index contributed by atoms with van der Waals surface area (Å²) in [5.41, 5.74) is 0.640. The average molecular weight is 278 g/mol. The van der Waals surface area contributed by atoms with E-state index in [4.69, 9.17) is 11.6 Å². The van der Waals surface area contributed by atoms with Crippen LogP contribution in [-0.2, 0) is 9.59 Å². The van der Waals surface area contributed by atoms with Crippen molar-refractivity contribution in [2.45, 2.75) is 26.2 Å². The number of carbonyl (C=O) groups is 2. The average Bonchev–Trinajstić information content (AvgIpc) is 2.63. The van der Waals surface area contributed by atoms with Crippen LogP contribution in [0.3, 0.4) is 0 Å². The molecule has 4 heteroatoms. The van der Waals surface area contributed by atoms with E-state index in [1.54, 1.807) is 24.3 Å². The lowest BCUT2D eigenvalue weighted by Gasteiger charge is -2.25. The topological polar surface area (TPSA) is 37.4 Å². The van der Waals surface area contributed by atoms with Crippen LogP contribution in [0.25, 0.3) is 0 Å². The molecule has 3 unspecified atom stereocenters. The monoisotopic (exact) mass is 277 g/mol. The second kappa shape index (κ2) is 4.64. The van der Waals surface area contributed by atoms with Crippen LogP contribution < -0.4 is 4.90 Å². The Morgan fingerprint density at radius 2 is 1.68 bits per heavy atom. The first-order valence-corrected chi connectivity index (χ1v) is 7.09. The van der Waals surface area contributed by atoms with Crippen molar-refractivity contribution in [2.24, 2.45) is 17.8 Å². The van der Waals surface area contributed by atoms with Crippen molar-refractivity contribution in [1.29, 1.82) is 0 Å². The summed E-state index contributed by atoms with van der Waals surface area (Å²) in [6.07, 6.45) is 2.70. The molecule has 1 aliphatic carbocycles. The zero-order valence-electron chi connectivity index (χ0n) is 10.8. The highest BCUT2D eigenvalue weighted by atomic mass is 35.5. The van der Waals surface area contributed by atoms with Crippen molar-refractivity contribution in [3.8, 4) is 0 Å². The minimum Gasteiger partial charge on any atom is -0.274 e. The van der Waals surface area contributed by atoms with Gasteiger partial charge in [-0.1, -0.05) is 18.5 Å². The molecule has 1 heterocycles. The Labute approximate surface area is 117 Å². The molecule has 3 nitrogen and oxygen atoms in total. The number of rotatable bonds is 1. The third kappa shape index (κ3) is 2.06. The van der Waals surface area contributed by atoms with Gasteiger partial charge in [0.15, 0.2) is 0 Å². The molecule has 19 heavy (non-hydrogen) atoms. The second-order valence-corrected chi connectivity index (χ2v) is 6.06. The molecule has 3 rings (SSSR count). The summed E-state index contributed by atoms with van der Waals surface area (Å²) in [7, 11) is 0. The molecule has 1 saturated heterocycles. The summed E-state index contributed by atoms with van der Waals surface area (Å²) < 4.78 is 0. The van der Waals surface area contributed by atoms with E-state index in [-0.39, 0.29) is 23.7 Å². The zero-order chi connectivity index (χ0) is 13.6. The number of carbonyl (C=O) groups excluding carboxylic acids is 2. The van der Waals surface area contributed by atoms with Gasteiger partial charge in [-0.3, -0.25) is 14.5 Å². The zero-order valence-corrected chi connectivity index (χ0v) is 11.6. The van der Waals surface area contributed by atoms with E-state index >= 15 is 0 Å². The highest BCUT2D eigenvalue weighted by molar-refractivity contribution is 6.30. The Morgan fingerprint density at radius 3 is 2.37 bits per heavy atom. The Hall–Kier alpha value is -1.35. The van der Waals surface area contributed by atoms with Gasteiger partial charge in [0, 0.05) is 5.02 Å². The lowest BCUT2D eigenvalue weighted by Crippen LogP contribution is -2.30. The molecule has 100 valence electrons. The fourth-order valence-corrected chi connectivity index (χ4v) is 3.36. The van der Waals surface area contributed by atoms with Gasteiger partial charge < -0.3 is 0 Å². The number of amides is 2. The summed E-state index contributed by atoms with van der Waals surface area (Å²) in [6, 6.07) is 6.89. The van der Waals surface area contributed by atoms with Crippen molar-refractivity contribution in [1.82, 2.24) is 0 Å². The molecular formula is C15H16ClNO2. The van der Waals surface area contributed by atoms with Crippen LogP contribution in [0, 0.1) is 17.8 Å². The lowest BCUT2D eigenvalue weighted by atomic mass is 9.76. The summed E-state index contributed by atoms with van der Waals surface area (Å²) in [6.45, 7) is 2.15. The van der Waals surface area contributed by atoms with Gasteiger partial charge in [-0.2, -0.15) is 0 Å². The van der Waals surface area contributed by atoms with Crippen LogP contribution in [0.15, 0.2) is 24.3 Å². The van der Waals surface area contributed by atoms with Gasteiger partial charge in [-0.25, -0.2) is 0 Å². The molecular weight excluding hydrogens is 262 g/mol. The van der Waals surface area contributed by atoms with E-state index in [0.29, 0.717) is 16.6 Å². The number of halogens is 1. The molecule has 1 saturated carbocycles. The molecule has 0 N–H and O–H groups in total. The molecule has 1 aliphatic heterocycles. The minimum atomic E-state index is -0.119. The normalized spacial score (nSPS) is 30.6. The van der Waals surface area contributed by atoms with Gasteiger partial charge >= 0.3 is 0 Å². The van der Waals surface area contributed by atoms with Gasteiger partial charge in [0.05, 0.1) is 17.5 Å². The van der Waals surface area contributed by atoms with Crippen LogP contribution in [-0.4, -0.2) is 11.8 Å². The van der Waals surface area contributed by atoms with Gasteiger partial charge in [0.1, 0.15) is 0 Å². The summed E-state index contributed by atoms with van der Waals surface area (Å²) in [5, 5.41) is 0.605. The molecule has 2 aliphatic rings. The highest BCUT2D eigenvalue weighted by Crippen LogP contribution is 2.42. The summed E-state index contributed by atoms with van der Waals surface area (Å²) in [4.78, 5) is 26.2. The quantitative estimate of drug-likeness (QED) is 0.739. The number of hydrogen-bond donors (Lipinski definition) is 0. The predicted octanol–water partition coefficient (Wildman–Crippen LogP) is 3.27. The fraction of sp³-hybridized carbons (Fsp3) is 0.467. The van der Waals surface area contributed by atoms with Crippen LogP contribution >= 0.6 is 11.6 Å². The number of imide groups is 1. The SMILES string of the molecule is CC1CCC2C(=O)N(c3ccc(Cl)cc3)C(=O)C2C1.